The molecule has 0 aliphatic heterocycles. The fourth-order valence-corrected chi connectivity index (χ4v) is 3.04. The van der Waals surface area contributed by atoms with Crippen LogP contribution in [0.15, 0.2) is 53.0 Å². The SMILES string of the molecule is CCCC(NC(=O)C(C)OC(=O)c1ccc(Br)c([N+](=O)[O-])c1)c1ccccc1. The van der Waals surface area contributed by atoms with Crippen LogP contribution in [0.25, 0.3) is 0 Å². The Bertz CT molecular complexity index is 857. The van der Waals surface area contributed by atoms with Crippen LogP contribution in [0.1, 0.15) is 48.7 Å². The van der Waals surface area contributed by atoms with Gasteiger partial charge in [0.1, 0.15) is 0 Å². The van der Waals surface area contributed by atoms with Gasteiger partial charge < -0.3 is 10.1 Å². The molecule has 0 aromatic heterocycles. The molecule has 0 spiro atoms. The maximum Gasteiger partial charge on any atom is 0.339 e. The van der Waals surface area contributed by atoms with Gasteiger partial charge in [0, 0.05) is 6.07 Å². The molecule has 0 saturated carbocycles. The Morgan fingerprint density at radius 1 is 1.21 bits per heavy atom. The zero-order chi connectivity index (χ0) is 20.7. The van der Waals surface area contributed by atoms with Crippen molar-refractivity contribution in [1.82, 2.24) is 5.32 Å². The second kappa shape index (κ2) is 9.98. The number of benzene rings is 2. The van der Waals surface area contributed by atoms with Crippen LogP contribution in [-0.4, -0.2) is 22.9 Å². The van der Waals surface area contributed by atoms with E-state index in [0.29, 0.717) is 0 Å². The third kappa shape index (κ3) is 5.63. The van der Waals surface area contributed by atoms with E-state index in [1.54, 1.807) is 0 Å². The van der Waals surface area contributed by atoms with Crippen molar-refractivity contribution in [2.75, 3.05) is 0 Å². The molecule has 8 heteroatoms. The Morgan fingerprint density at radius 3 is 2.50 bits per heavy atom. The van der Waals surface area contributed by atoms with E-state index in [2.05, 4.69) is 21.2 Å². The Balaban J connectivity index is 2.06. The molecule has 0 aliphatic rings. The maximum atomic E-state index is 12.5. The molecule has 28 heavy (non-hydrogen) atoms. The van der Waals surface area contributed by atoms with Crippen LogP contribution in [0.4, 0.5) is 5.69 Å². The van der Waals surface area contributed by atoms with Gasteiger partial charge in [-0.15, -0.1) is 0 Å². The summed E-state index contributed by atoms with van der Waals surface area (Å²) in [7, 11) is 0. The molecule has 0 bridgehead atoms. The molecule has 0 aliphatic carbocycles. The summed E-state index contributed by atoms with van der Waals surface area (Å²) in [6.45, 7) is 3.49. The van der Waals surface area contributed by atoms with Gasteiger partial charge in [0.15, 0.2) is 6.10 Å². The highest BCUT2D eigenvalue weighted by atomic mass is 79.9. The van der Waals surface area contributed by atoms with Crippen molar-refractivity contribution in [1.29, 1.82) is 0 Å². The van der Waals surface area contributed by atoms with Crippen molar-refractivity contribution < 1.29 is 19.2 Å². The predicted molar refractivity (Wildman–Crippen MR) is 108 cm³/mol. The van der Waals surface area contributed by atoms with E-state index < -0.39 is 22.9 Å². The highest BCUT2D eigenvalue weighted by Crippen LogP contribution is 2.26. The van der Waals surface area contributed by atoms with Gasteiger partial charge in [-0.1, -0.05) is 43.7 Å². The van der Waals surface area contributed by atoms with Crippen LogP contribution < -0.4 is 5.32 Å². The van der Waals surface area contributed by atoms with Gasteiger partial charge in [-0.3, -0.25) is 14.9 Å². The highest BCUT2D eigenvalue weighted by molar-refractivity contribution is 9.10. The molecule has 1 N–H and O–H groups in total. The Labute approximate surface area is 171 Å². The van der Waals surface area contributed by atoms with Gasteiger partial charge in [-0.05, 0) is 47.0 Å². The number of carbonyl (C=O) groups excluding carboxylic acids is 2. The van der Waals surface area contributed by atoms with Gasteiger partial charge in [0.05, 0.1) is 21.0 Å². The molecule has 7 nitrogen and oxygen atoms in total. The molecule has 1 amide bonds. The fourth-order valence-electron chi connectivity index (χ4n) is 2.65. The van der Waals surface area contributed by atoms with E-state index in [0.717, 1.165) is 24.5 Å². The first kappa shape index (κ1) is 21.6. The number of nitrogens with zero attached hydrogens (tertiary/aromatic N) is 1. The summed E-state index contributed by atoms with van der Waals surface area (Å²) >= 11 is 3.06. The topological polar surface area (TPSA) is 98.5 Å². The number of nitrogens with one attached hydrogen (secondary N) is 1. The second-order valence-electron chi connectivity index (χ2n) is 6.23. The van der Waals surface area contributed by atoms with Gasteiger partial charge in [-0.25, -0.2) is 4.79 Å². The monoisotopic (exact) mass is 448 g/mol. The maximum absolute atomic E-state index is 12.5. The molecule has 148 valence electrons. The summed E-state index contributed by atoms with van der Waals surface area (Å²) < 4.78 is 5.45. The third-order valence-electron chi connectivity index (χ3n) is 4.13. The normalized spacial score (nSPS) is 12.7. The van der Waals surface area contributed by atoms with Crippen molar-refractivity contribution >= 4 is 33.5 Å². The second-order valence-corrected chi connectivity index (χ2v) is 7.09. The Kier molecular flexibility index (Phi) is 7.69. The van der Waals surface area contributed by atoms with Crippen LogP contribution in [0.3, 0.4) is 0 Å². The van der Waals surface area contributed by atoms with Gasteiger partial charge in [0.25, 0.3) is 11.6 Å². The lowest BCUT2D eigenvalue weighted by Gasteiger charge is -2.21. The number of nitro groups is 1. The number of carbonyl (C=O) groups is 2. The minimum absolute atomic E-state index is 0.00252. The number of nitro benzene ring substituents is 1. The van der Waals surface area contributed by atoms with Gasteiger partial charge in [0.2, 0.25) is 0 Å². The van der Waals surface area contributed by atoms with Gasteiger partial charge >= 0.3 is 5.97 Å². The number of rotatable bonds is 8. The van der Waals surface area contributed by atoms with Crippen LogP contribution >= 0.6 is 15.9 Å². The lowest BCUT2D eigenvalue weighted by molar-refractivity contribution is -0.385. The van der Waals surface area contributed by atoms with Crippen molar-refractivity contribution in [2.24, 2.45) is 0 Å². The highest BCUT2D eigenvalue weighted by Gasteiger charge is 2.24. The molecule has 0 heterocycles. The van der Waals surface area contributed by atoms with Crippen LogP contribution in [0.2, 0.25) is 0 Å². The van der Waals surface area contributed by atoms with Crippen molar-refractivity contribution in [3.05, 3.63) is 74.2 Å². The minimum Gasteiger partial charge on any atom is -0.449 e. The number of hydrogen-bond donors (Lipinski definition) is 1. The molecule has 0 radical (unpaired) electrons. The minimum atomic E-state index is -1.04. The smallest absolute Gasteiger partial charge is 0.339 e. The first-order valence-electron chi connectivity index (χ1n) is 8.83. The summed E-state index contributed by atoms with van der Waals surface area (Å²) in [5.74, 6) is -1.23. The van der Waals surface area contributed by atoms with E-state index in [4.69, 9.17) is 4.74 Å². The largest absolute Gasteiger partial charge is 0.449 e. The number of amides is 1. The average Bonchev–Trinajstić information content (AvgIpc) is 2.68. The van der Waals surface area contributed by atoms with Gasteiger partial charge in [-0.2, -0.15) is 0 Å². The van der Waals surface area contributed by atoms with E-state index in [9.17, 15) is 19.7 Å². The lowest BCUT2D eigenvalue weighted by Crippen LogP contribution is -2.38. The summed E-state index contributed by atoms with van der Waals surface area (Å²) in [4.78, 5) is 35.2. The molecule has 2 aromatic carbocycles. The van der Waals surface area contributed by atoms with Crippen molar-refractivity contribution in [3.63, 3.8) is 0 Å². The first-order valence-corrected chi connectivity index (χ1v) is 9.63. The van der Waals surface area contributed by atoms with Crippen LogP contribution in [0, 0.1) is 10.1 Å². The van der Waals surface area contributed by atoms with Crippen molar-refractivity contribution in [2.45, 2.75) is 38.8 Å². The van der Waals surface area contributed by atoms with Crippen molar-refractivity contribution in [3.8, 4) is 0 Å². The first-order chi connectivity index (χ1) is 13.3. The predicted octanol–water partition coefficient (Wildman–Crippen LogP) is 4.56. The quantitative estimate of drug-likeness (QED) is 0.362. The number of halogens is 1. The number of hydrogen-bond acceptors (Lipinski definition) is 5. The summed E-state index contributed by atoms with van der Waals surface area (Å²) in [6, 6.07) is 13.3. The summed E-state index contributed by atoms with van der Waals surface area (Å²) in [5, 5.41) is 13.9. The van der Waals surface area contributed by atoms with E-state index in [-0.39, 0.29) is 21.8 Å². The summed E-state index contributed by atoms with van der Waals surface area (Å²) in [5.41, 5.74) is 0.723. The molecule has 2 unspecified atom stereocenters. The molecule has 2 rings (SSSR count). The molecular formula is C20H21BrN2O5. The van der Waals surface area contributed by atoms with Crippen LogP contribution in [-0.2, 0) is 9.53 Å². The Morgan fingerprint density at radius 2 is 1.89 bits per heavy atom. The standard InChI is InChI=1S/C20H21BrN2O5/c1-3-7-17(14-8-5-4-6-9-14)22-19(24)13(2)28-20(25)15-10-11-16(21)18(12-15)23(26)27/h4-6,8-13,17H,3,7H2,1-2H3,(H,22,24). The zero-order valence-corrected chi connectivity index (χ0v) is 17.1. The van der Waals surface area contributed by atoms with E-state index >= 15 is 0 Å². The third-order valence-corrected chi connectivity index (χ3v) is 4.80. The van der Waals surface area contributed by atoms with E-state index in [1.165, 1.54) is 19.1 Å². The zero-order valence-electron chi connectivity index (χ0n) is 15.6. The van der Waals surface area contributed by atoms with Crippen LogP contribution in [0.5, 0.6) is 0 Å². The molecule has 2 aromatic rings. The summed E-state index contributed by atoms with van der Waals surface area (Å²) in [6.07, 6.45) is 0.574. The Hall–Kier alpha value is -2.74. The molecule has 0 fully saturated rings. The fraction of sp³-hybridized carbons (Fsp3) is 0.300. The average molecular weight is 449 g/mol. The number of esters is 1. The molecular weight excluding hydrogens is 428 g/mol. The number of ether oxygens (including phenoxy) is 1. The molecule has 2 atom stereocenters. The van der Waals surface area contributed by atoms with E-state index in [1.807, 2.05) is 37.3 Å². The molecule has 0 saturated heterocycles. The lowest BCUT2D eigenvalue weighted by atomic mass is 10.0.